The number of nitrogens with zero attached hydrogens (tertiary/aromatic N) is 1. The summed E-state index contributed by atoms with van der Waals surface area (Å²) < 4.78 is 44.5. The lowest BCUT2D eigenvalue weighted by Gasteiger charge is -2.19. The smallest absolute Gasteiger partial charge is 0.417 e. The predicted octanol–water partition coefficient (Wildman–Crippen LogP) is 4.34. The molecule has 0 N–H and O–H groups in total. The SMILES string of the molecule is COc1ccc(C2CCN(C(=O)c3ccccc3C(F)(F)F)C2)cc1. The van der Waals surface area contributed by atoms with Gasteiger partial charge in [-0.3, -0.25) is 4.79 Å². The van der Waals surface area contributed by atoms with Gasteiger partial charge in [-0.2, -0.15) is 13.2 Å². The summed E-state index contributed by atoms with van der Waals surface area (Å²) in [6.07, 6.45) is -3.81. The van der Waals surface area contributed by atoms with Crippen LogP contribution < -0.4 is 4.74 Å². The molecule has 2 aromatic carbocycles. The number of carbonyl (C=O) groups excluding carboxylic acids is 1. The zero-order valence-corrected chi connectivity index (χ0v) is 13.7. The van der Waals surface area contributed by atoms with E-state index in [1.807, 2.05) is 24.3 Å². The van der Waals surface area contributed by atoms with E-state index >= 15 is 0 Å². The van der Waals surface area contributed by atoms with Gasteiger partial charge in [-0.05, 0) is 36.2 Å². The summed E-state index contributed by atoms with van der Waals surface area (Å²) in [7, 11) is 1.59. The Morgan fingerprint density at radius 3 is 2.44 bits per heavy atom. The first-order valence-electron chi connectivity index (χ1n) is 7.99. The Hall–Kier alpha value is -2.50. The summed E-state index contributed by atoms with van der Waals surface area (Å²) in [5, 5.41) is 0. The summed E-state index contributed by atoms with van der Waals surface area (Å²) >= 11 is 0. The van der Waals surface area contributed by atoms with Crippen molar-refractivity contribution in [2.75, 3.05) is 20.2 Å². The molecule has 1 unspecified atom stereocenters. The van der Waals surface area contributed by atoms with Gasteiger partial charge in [0.25, 0.3) is 5.91 Å². The second kappa shape index (κ2) is 6.78. The average molecular weight is 349 g/mol. The minimum absolute atomic E-state index is 0.118. The van der Waals surface area contributed by atoms with Gasteiger partial charge in [0, 0.05) is 19.0 Å². The van der Waals surface area contributed by atoms with Gasteiger partial charge in [0.05, 0.1) is 18.2 Å². The molecule has 132 valence electrons. The van der Waals surface area contributed by atoms with Crippen molar-refractivity contribution in [2.45, 2.75) is 18.5 Å². The second-order valence-corrected chi connectivity index (χ2v) is 6.05. The molecule has 25 heavy (non-hydrogen) atoms. The highest BCUT2D eigenvalue weighted by Crippen LogP contribution is 2.34. The highest BCUT2D eigenvalue weighted by molar-refractivity contribution is 5.96. The molecule has 0 bridgehead atoms. The molecule has 0 radical (unpaired) electrons. The highest BCUT2D eigenvalue weighted by atomic mass is 19.4. The van der Waals surface area contributed by atoms with Gasteiger partial charge >= 0.3 is 6.18 Å². The molecular formula is C19H18F3NO2. The lowest BCUT2D eigenvalue weighted by Crippen LogP contribution is -2.30. The molecule has 3 rings (SSSR count). The number of rotatable bonds is 3. The molecule has 1 aliphatic rings. The molecule has 1 aliphatic heterocycles. The lowest BCUT2D eigenvalue weighted by atomic mass is 9.98. The number of carbonyl (C=O) groups is 1. The summed E-state index contributed by atoms with van der Waals surface area (Å²) in [6, 6.07) is 12.5. The number of likely N-dealkylation sites (tertiary alicyclic amines) is 1. The number of hydrogen-bond donors (Lipinski definition) is 0. The molecular weight excluding hydrogens is 331 g/mol. The first kappa shape index (κ1) is 17.3. The minimum Gasteiger partial charge on any atom is -0.497 e. The number of hydrogen-bond acceptors (Lipinski definition) is 2. The van der Waals surface area contributed by atoms with Crippen molar-refractivity contribution in [3.63, 3.8) is 0 Å². The Kier molecular flexibility index (Phi) is 4.70. The van der Waals surface area contributed by atoms with Crippen LogP contribution in [-0.4, -0.2) is 31.0 Å². The van der Waals surface area contributed by atoms with Crippen LogP contribution in [0.1, 0.15) is 33.8 Å². The Morgan fingerprint density at radius 2 is 1.80 bits per heavy atom. The fraction of sp³-hybridized carbons (Fsp3) is 0.316. The quantitative estimate of drug-likeness (QED) is 0.825. The number of alkyl halides is 3. The highest BCUT2D eigenvalue weighted by Gasteiger charge is 2.37. The van der Waals surface area contributed by atoms with Gasteiger partial charge in [-0.15, -0.1) is 0 Å². The van der Waals surface area contributed by atoms with E-state index in [2.05, 4.69) is 0 Å². The molecule has 1 heterocycles. The first-order chi connectivity index (χ1) is 11.9. The topological polar surface area (TPSA) is 29.5 Å². The Morgan fingerprint density at radius 1 is 1.12 bits per heavy atom. The van der Waals surface area contributed by atoms with Gasteiger partial charge in [0.1, 0.15) is 5.75 Å². The largest absolute Gasteiger partial charge is 0.497 e. The summed E-state index contributed by atoms with van der Waals surface area (Å²) in [5.74, 6) is 0.297. The van der Waals surface area contributed by atoms with Crippen molar-refractivity contribution in [1.82, 2.24) is 4.90 Å². The third-order valence-corrected chi connectivity index (χ3v) is 4.53. The molecule has 3 nitrogen and oxygen atoms in total. The van der Waals surface area contributed by atoms with Crippen LogP contribution in [0.2, 0.25) is 0 Å². The van der Waals surface area contributed by atoms with Crippen molar-refractivity contribution in [1.29, 1.82) is 0 Å². The number of ether oxygens (including phenoxy) is 1. The van der Waals surface area contributed by atoms with E-state index < -0.39 is 17.6 Å². The van der Waals surface area contributed by atoms with Gasteiger partial charge in [0.2, 0.25) is 0 Å². The van der Waals surface area contributed by atoms with Gasteiger partial charge in [-0.1, -0.05) is 24.3 Å². The standard InChI is InChI=1S/C19H18F3NO2/c1-25-15-8-6-13(7-9-15)14-10-11-23(12-14)18(24)16-4-2-3-5-17(16)19(20,21)22/h2-9,14H,10-12H2,1H3. The average Bonchev–Trinajstić information content (AvgIpc) is 3.10. The molecule has 0 aromatic heterocycles. The predicted molar refractivity (Wildman–Crippen MR) is 87.7 cm³/mol. The van der Waals surface area contributed by atoms with E-state index in [1.165, 1.54) is 23.1 Å². The molecule has 0 aliphatic carbocycles. The van der Waals surface area contributed by atoms with Crippen molar-refractivity contribution < 1.29 is 22.7 Å². The number of benzene rings is 2. The van der Waals surface area contributed by atoms with Gasteiger partial charge in [-0.25, -0.2) is 0 Å². The minimum atomic E-state index is -4.54. The van der Waals surface area contributed by atoms with Crippen LogP contribution in [0.15, 0.2) is 48.5 Å². The fourth-order valence-electron chi connectivity index (χ4n) is 3.18. The van der Waals surface area contributed by atoms with Crippen molar-refractivity contribution in [3.05, 3.63) is 65.2 Å². The maximum Gasteiger partial charge on any atom is 0.417 e. The van der Waals surface area contributed by atoms with Crippen LogP contribution in [-0.2, 0) is 6.18 Å². The van der Waals surface area contributed by atoms with Crippen LogP contribution in [0.25, 0.3) is 0 Å². The molecule has 1 fully saturated rings. The summed E-state index contributed by atoms with van der Waals surface area (Å²) in [4.78, 5) is 14.1. The van der Waals surface area contributed by atoms with E-state index in [9.17, 15) is 18.0 Å². The maximum absolute atomic E-state index is 13.1. The van der Waals surface area contributed by atoms with Crippen LogP contribution in [0.5, 0.6) is 5.75 Å². The van der Waals surface area contributed by atoms with E-state index in [-0.39, 0.29) is 11.5 Å². The van der Waals surface area contributed by atoms with Crippen molar-refractivity contribution in [2.24, 2.45) is 0 Å². The zero-order chi connectivity index (χ0) is 18.0. The van der Waals surface area contributed by atoms with Gasteiger partial charge < -0.3 is 9.64 Å². The third-order valence-electron chi connectivity index (χ3n) is 4.53. The fourth-order valence-corrected chi connectivity index (χ4v) is 3.18. The lowest BCUT2D eigenvalue weighted by molar-refractivity contribution is -0.138. The molecule has 6 heteroatoms. The number of methoxy groups -OCH3 is 1. The van der Waals surface area contributed by atoms with E-state index in [4.69, 9.17) is 4.74 Å². The first-order valence-corrected chi connectivity index (χ1v) is 7.99. The monoisotopic (exact) mass is 349 g/mol. The second-order valence-electron chi connectivity index (χ2n) is 6.05. The Bertz CT molecular complexity index is 756. The van der Waals surface area contributed by atoms with Crippen LogP contribution in [0, 0.1) is 0 Å². The molecule has 1 amide bonds. The molecule has 0 spiro atoms. The van der Waals surface area contributed by atoms with Crippen molar-refractivity contribution in [3.8, 4) is 5.75 Å². The van der Waals surface area contributed by atoms with Crippen molar-refractivity contribution >= 4 is 5.91 Å². The third kappa shape index (κ3) is 3.62. The van der Waals surface area contributed by atoms with Crippen LogP contribution in [0.4, 0.5) is 13.2 Å². The van der Waals surface area contributed by atoms with E-state index in [0.717, 1.165) is 23.8 Å². The maximum atomic E-state index is 13.1. The van der Waals surface area contributed by atoms with E-state index in [0.29, 0.717) is 13.1 Å². The zero-order valence-electron chi connectivity index (χ0n) is 13.7. The van der Waals surface area contributed by atoms with E-state index in [1.54, 1.807) is 7.11 Å². The Labute approximate surface area is 144 Å². The summed E-state index contributed by atoms with van der Waals surface area (Å²) in [6.45, 7) is 0.860. The van der Waals surface area contributed by atoms with Gasteiger partial charge in [0.15, 0.2) is 0 Å². The van der Waals surface area contributed by atoms with Crippen LogP contribution in [0.3, 0.4) is 0 Å². The number of amides is 1. The molecule has 1 saturated heterocycles. The Balaban J connectivity index is 1.77. The molecule has 2 aromatic rings. The molecule has 0 saturated carbocycles. The molecule has 1 atom stereocenters. The number of halogens is 3. The summed E-state index contributed by atoms with van der Waals surface area (Å²) in [5.41, 5.74) is -0.113. The normalized spacial score (nSPS) is 17.6. The van der Waals surface area contributed by atoms with Crippen LogP contribution >= 0.6 is 0 Å².